The average Bonchev–Trinajstić information content (AvgIpc) is 2.15. The van der Waals surface area contributed by atoms with E-state index >= 15 is 0 Å². The average molecular weight is 200 g/mol. The van der Waals surface area contributed by atoms with Crippen LogP contribution in [0.4, 0.5) is 0 Å². The minimum absolute atomic E-state index is 0.0312. The second-order valence-electron chi connectivity index (χ2n) is 4.08. The molecule has 1 saturated heterocycles. The molecule has 1 aliphatic rings. The van der Waals surface area contributed by atoms with Gasteiger partial charge in [0.1, 0.15) is 0 Å². The molecule has 1 fully saturated rings. The van der Waals surface area contributed by atoms with Gasteiger partial charge >= 0.3 is 0 Å². The summed E-state index contributed by atoms with van der Waals surface area (Å²) in [5.41, 5.74) is 0. The van der Waals surface area contributed by atoms with E-state index in [2.05, 4.69) is 4.90 Å². The first-order valence-corrected chi connectivity index (χ1v) is 5.09. The van der Waals surface area contributed by atoms with E-state index in [0.29, 0.717) is 0 Å². The predicted molar refractivity (Wildman–Crippen MR) is 55.1 cm³/mol. The Kier molecular flexibility index (Phi) is 3.89. The van der Waals surface area contributed by atoms with Crippen LogP contribution >= 0.6 is 0 Å². The summed E-state index contributed by atoms with van der Waals surface area (Å²) in [5.74, 6) is 0.166. The first kappa shape index (κ1) is 11.5. The molecule has 0 aliphatic carbocycles. The van der Waals surface area contributed by atoms with E-state index in [4.69, 9.17) is 4.74 Å². The fourth-order valence-corrected chi connectivity index (χ4v) is 1.73. The Morgan fingerprint density at radius 1 is 1.57 bits per heavy atom. The van der Waals surface area contributed by atoms with Gasteiger partial charge in [0, 0.05) is 27.2 Å². The van der Waals surface area contributed by atoms with Crippen molar-refractivity contribution in [1.82, 2.24) is 9.80 Å². The number of hydrogen-bond donors (Lipinski definition) is 0. The molecular formula is C10H20N2O2. The lowest BCUT2D eigenvalue weighted by molar-refractivity contribution is -0.136. The monoisotopic (exact) mass is 200 g/mol. The zero-order valence-corrected chi connectivity index (χ0v) is 9.49. The summed E-state index contributed by atoms with van der Waals surface area (Å²) in [6, 6.07) is -0.0312. The zero-order valence-electron chi connectivity index (χ0n) is 9.49. The highest BCUT2D eigenvalue weighted by Crippen LogP contribution is 2.09. The second-order valence-corrected chi connectivity index (χ2v) is 4.08. The van der Waals surface area contributed by atoms with Gasteiger partial charge in [0.2, 0.25) is 5.91 Å². The molecule has 1 heterocycles. The number of hydrogen-bond acceptors (Lipinski definition) is 3. The van der Waals surface area contributed by atoms with Crippen molar-refractivity contribution in [3.05, 3.63) is 0 Å². The van der Waals surface area contributed by atoms with E-state index < -0.39 is 0 Å². The first-order valence-electron chi connectivity index (χ1n) is 5.09. The van der Waals surface area contributed by atoms with Crippen LogP contribution in [0.15, 0.2) is 0 Å². The van der Waals surface area contributed by atoms with Gasteiger partial charge in [-0.05, 0) is 13.8 Å². The molecule has 0 saturated carbocycles. The summed E-state index contributed by atoms with van der Waals surface area (Å²) in [6.45, 7) is 6.43. The maximum Gasteiger partial charge on any atom is 0.239 e. The number of nitrogens with zero attached hydrogens (tertiary/aromatic N) is 2. The maximum atomic E-state index is 11.7. The third-order valence-corrected chi connectivity index (χ3v) is 2.62. The number of rotatable bonds is 2. The van der Waals surface area contributed by atoms with Crippen LogP contribution in [0.1, 0.15) is 13.8 Å². The molecule has 0 aromatic rings. The van der Waals surface area contributed by atoms with Crippen molar-refractivity contribution in [2.75, 3.05) is 33.8 Å². The molecule has 1 rings (SSSR count). The molecule has 1 aliphatic heterocycles. The van der Waals surface area contributed by atoms with Crippen LogP contribution in [0, 0.1) is 0 Å². The van der Waals surface area contributed by atoms with Gasteiger partial charge < -0.3 is 9.64 Å². The molecular weight excluding hydrogens is 180 g/mol. The molecule has 4 heteroatoms. The number of ether oxygens (including phenoxy) is 1. The standard InChI is InChI=1S/C10H20N2O2/c1-8-7-12(5-6-14-8)9(2)10(13)11(3)4/h8-9H,5-7H2,1-4H3. The Morgan fingerprint density at radius 3 is 2.71 bits per heavy atom. The molecule has 2 atom stereocenters. The van der Waals surface area contributed by atoms with Gasteiger partial charge in [-0.2, -0.15) is 0 Å². The Morgan fingerprint density at radius 2 is 2.21 bits per heavy atom. The van der Waals surface area contributed by atoms with Crippen LogP contribution in [0.25, 0.3) is 0 Å². The molecule has 4 nitrogen and oxygen atoms in total. The molecule has 0 radical (unpaired) electrons. The van der Waals surface area contributed by atoms with E-state index in [1.807, 2.05) is 13.8 Å². The zero-order chi connectivity index (χ0) is 10.7. The minimum atomic E-state index is -0.0312. The van der Waals surface area contributed by atoms with Gasteiger partial charge in [-0.1, -0.05) is 0 Å². The van der Waals surface area contributed by atoms with E-state index in [-0.39, 0.29) is 18.1 Å². The Labute approximate surface area is 85.8 Å². The highest BCUT2D eigenvalue weighted by molar-refractivity contribution is 5.80. The number of likely N-dealkylation sites (N-methyl/N-ethyl adjacent to an activating group) is 1. The fraction of sp³-hybridized carbons (Fsp3) is 0.900. The van der Waals surface area contributed by atoms with E-state index in [0.717, 1.165) is 19.7 Å². The second kappa shape index (κ2) is 4.75. The molecule has 0 bridgehead atoms. The first-order chi connectivity index (χ1) is 6.52. The van der Waals surface area contributed by atoms with Crippen LogP contribution < -0.4 is 0 Å². The van der Waals surface area contributed by atoms with Crippen LogP contribution in [0.2, 0.25) is 0 Å². The van der Waals surface area contributed by atoms with E-state index in [9.17, 15) is 4.79 Å². The summed E-state index contributed by atoms with van der Waals surface area (Å²) in [5, 5.41) is 0. The minimum Gasteiger partial charge on any atom is -0.376 e. The highest BCUT2D eigenvalue weighted by Gasteiger charge is 2.26. The maximum absolute atomic E-state index is 11.7. The van der Waals surface area contributed by atoms with Gasteiger partial charge in [0.25, 0.3) is 0 Å². The Balaban J connectivity index is 2.51. The van der Waals surface area contributed by atoms with Crippen molar-refractivity contribution in [2.24, 2.45) is 0 Å². The molecule has 14 heavy (non-hydrogen) atoms. The van der Waals surface area contributed by atoms with Crippen molar-refractivity contribution in [3.8, 4) is 0 Å². The van der Waals surface area contributed by atoms with Crippen molar-refractivity contribution in [3.63, 3.8) is 0 Å². The van der Waals surface area contributed by atoms with Gasteiger partial charge in [-0.25, -0.2) is 0 Å². The quantitative estimate of drug-likeness (QED) is 0.637. The predicted octanol–water partition coefficient (Wildman–Crippen LogP) is 0.184. The topological polar surface area (TPSA) is 32.8 Å². The summed E-state index contributed by atoms with van der Waals surface area (Å²) >= 11 is 0. The van der Waals surface area contributed by atoms with Gasteiger partial charge in [0.05, 0.1) is 18.8 Å². The number of carbonyl (C=O) groups excluding carboxylic acids is 1. The summed E-state index contributed by atoms with van der Waals surface area (Å²) in [6.07, 6.45) is 0.237. The molecule has 0 N–H and O–H groups in total. The fourth-order valence-electron chi connectivity index (χ4n) is 1.73. The normalized spacial score (nSPS) is 25.9. The largest absolute Gasteiger partial charge is 0.376 e. The van der Waals surface area contributed by atoms with E-state index in [1.165, 1.54) is 0 Å². The Bertz CT molecular complexity index is 206. The van der Waals surface area contributed by atoms with Crippen LogP contribution in [0.3, 0.4) is 0 Å². The number of morpholine rings is 1. The van der Waals surface area contributed by atoms with Crippen LogP contribution in [-0.2, 0) is 9.53 Å². The van der Waals surface area contributed by atoms with E-state index in [1.54, 1.807) is 19.0 Å². The third kappa shape index (κ3) is 2.69. The van der Waals surface area contributed by atoms with Crippen molar-refractivity contribution >= 4 is 5.91 Å². The summed E-state index contributed by atoms with van der Waals surface area (Å²) in [7, 11) is 3.59. The lowest BCUT2D eigenvalue weighted by Gasteiger charge is -2.35. The molecule has 0 aromatic carbocycles. The van der Waals surface area contributed by atoms with Crippen molar-refractivity contribution < 1.29 is 9.53 Å². The van der Waals surface area contributed by atoms with Crippen molar-refractivity contribution in [1.29, 1.82) is 0 Å². The SMILES string of the molecule is CC1CN(C(C)C(=O)N(C)C)CCO1. The molecule has 1 amide bonds. The Hall–Kier alpha value is -0.610. The molecule has 0 aromatic heterocycles. The molecule has 82 valence electrons. The number of carbonyl (C=O) groups is 1. The van der Waals surface area contributed by atoms with Gasteiger partial charge in [-0.3, -0.25) is 9.69 Å². The summed E-state index contributed by atoms with van der Waals surface area (Å²) < 4.78 is 5.43. The van der Waals surface area contributed by atoms with Crippen LogP contribution in [-0.4, -0.2) is 61.6 Å². The number of amides is 1. The lowest BCUT2D eigenvalue weighted by Crippen LogP contribution is -2.51. The lowest BCUT2D eigenvalue weighted by atomic mass is 10.2. The highest BCUT2D eigenvalue weighted by atomic mass is 16.5. The molecule has 2 unspecified atom stereocenters. The van der Waals surface area contributed by atoms with Gasteiger partial charge in [0.15, 0.2) is 0 Å². The smallest absolute Gasteiger partial charge is 0.239 e. The van der Waals surface area contributed by atoms with Gasteiger partial charge in [-0.15, -0.1) is 0 Å². The van der Waals surface area contributed by atoms with Crippen molar-refractivity contribution in [2.45, 2.75) is 26.0 Å². The summed E-state index contributed by atoms with van der Waals surface area (Å²) in [4.78, 5) is 15.5. The third-order valence-electron chi connectivity index (χ3n) is 2.62. The van der Waals surface area contributed by atoms with Crippen LogP contribution in [0.5, 0.6) is 0 Å². The molecule has 0 spiro atoms.